The Hall–Kier alpha value is -3.52. The van der Waals surface area contributed by atoms with Gasteiger partial charge >= 0.3 is 0 Å². The normalized spacial score (nSPS) is 10.1. The van der Waals surface area contributed by atoms with Crippen molar-refractivity contribution in [3.05, 3.63) is 65.4 Å². The number of carbonyl (C=O) groups is 1. The van der Waals surface area contributed by atoms with Crippen molar-refractivity contribution >= 4 is 40.5 Å². The predicted octanol–water partition coefficient (Wildman–Crippen LogP) is 3.22. The maximum Gasteiger partial charge on any atom is 0.269 e. The predicted molar refractivity (Wildman–Crippen MR) is 105 cm³/mol. The number of benzene rings is 2. The minimum Gasteiger partial charge on any atom is -0.497 e. The summed E-state index contributed by atoms with van der Waals surface area (Å²) < 4.78 is 5.12. The number of ether oxygens (including phenoxy) is 1. The first-order chi connectivity index (χ1) is 13.1. The Bertz CT molecular complexity index is 949. The standard InChI is InChI=1S/C18H17ClN6O2/c1-27-14-7-5-13(6-8-14)23-16-15(20)17(22-10-21-16)24-25-18(26)11-3-2-4-12(19)9-11/h2-10H,20H2,1H3,(H,25,26)(H2,21,22,23,24). The van der Waals surface area contributed by atoms with E-state index in [4.69, 9.17) is 22.1 Å². The second-order valence-electron chi connectivity index (χ2n) is 5.43. The van der Waals surface area contributed by atoms with Crippen molar-refractivity contribution < 1.29 is 9.53 Å². The maximum absolute atomic E-state index is 12.2. The van der Waals surface area contributed by atoms with E-state index in [0.29, 0.717) is 16.4 Å². The van der Waals surface area contributed by atoms with Crippen LogP contribution in [-0.4, -0.2) is 23.0 Å². The van der Waals surface area contributed by atoms with E-state index < -0.39 is 0 Å². The number of nitrogens with one attached hydrogen (secondary N) is 3. The van der Waals surface area contributed by atoms with Crippen LogP contribution < -0.4 is 26.6 Å². The van der Waals surface area contributed by atoms with Crippen molar-refractivity contribution in [2.24, 2.45) is 0 Å². The summed E-state index contributed by atoms with van der Waals surface area (Å²) in [7, 11) is 1.60. The van der Waals surface area contributed by atoms with E-state index in [2.05, 4.69) is 26.1 Å². The SMILES string of the molecule is COc1ccc(Nc2ncnc(NNC(=O)c3cccc(Cl)c3)c2N)cc1. The molecule has 0 aliphatic rings. The van der Waals surface area contributed by atoms with Crippen LogP contribution in [0.25, 0.3) is 0 Å². The van der Waals surface area contributed by atoms with Gasteiger partial charge in [-0.05, 0) is 42.5 Å². The molecule has 0 unspecified atom stereocenters. The lowest BCUT2D eigenvalue weighted by Crippen LogP contribution is -2.30. The Kier molecular flexibility index (Phi) is 5.58. The van der Waals surface area contributed by atoms with Gasteiger partial charge in [-0.25, -0.2) is 9.97 Å². The highest BCUT2D eigenvalue weighted by Crippen LogP contribution is 2.26. The molecule has 0 spiro atoms. The zero-order valence-electron chi connectivity index (χ0n) is 14.4. The minimum atomic E-state index is -0.375. The average molecular weight is 385 g/mol. The van der Waals surface area contributed by atoms with Gasteiger partial charge in [-0.15, -0.1) is 0 Å². The number of rotatable bonds is 6. The van der Waals surface area contributed by atoms with E-state index in [1.54, 1.807) is 31.4 Å². The summed E-state index contributed by atoms with van der Waals surface area (Å²) in [6, 6.07) is 13.8. The smallest absolute Gasteiger partial charge is 0.269 e. The van der Waals surface area contributed by atoms with Gasteiger partial charge in [0.25, 0.3) is 5.91 Å². The molecule has 5 N–H and O–H groups in total. The molecule has 1 aromatic heterocycles. The molecule has 3 aromatic rings. The van der Waals surface area contributed by atoms with Gasteiger partial charge in [-0.3, -0.25) is 15.6 Å². The molecule has 0 radical (unpaired) electrons. The molecule has 3 rings (SSSR count). The molecule has 0 aliphatic heterocycles. The van der Waals surface area contributed by atoms with Crippen LogP contribution in [0, 0.1) is 0 Å². The maximum atomic E-state index is 12.2. The molecule has 8 nitrogen and oxygen atoms in total. The summed E-state index contributed by atoms with van der Waals surface area (Å²) in [5.74, 6) is 1.02. The monoisotopic (exact) mass is 384 g/mol. The number of anilines is 4. The fraction of sp³-hybridized carbons (Fsp3) is 0.0556. The van der Waals surface area contributed by atoms with E-state index in [-0.39, 0.29) is 17.4 Å². The summed E-state index contributed by atoms with van der Waals surface area (Å²) in [4.78, 5) is 20.3. The molecule has 9 heteroatoms. The number of nitrogen functional groups attached to an aromatic ring is 1. The molecule has 1 heterocycles. The van der Waals surface area contributed by atoms with Crippen molar-refractivity contribution in [3.8, 4) is 5.75 Å². The van der Waals surface area contributed by atoms with Crippen LogP contribution >= 0.6 is 11.6 Å². The fourth-order valence-corrected chi connectivity index (χ4v) is 2.41. The van der Waals surface area contributed by atoms with Gasteiger partial charge in [-0.1, -0.05) is 17.7 Å². The molecule has 0 aliphatic carbocycles. The molecule has 0 atom stereocenters. The van der Waals surface area contributed by atoms with E-state index in [0.717, 1.165) is 11.4 Å². The summed E-state index contributed by atoms with van der Waals surface area (Å²) in [6.45, 7) is 0. The van der Waals surface area contributed by atoms with Crippen LogP contribution in [0.4, 0.5) is 23.0 Å². The Morgan fingerprint density at radius 3 is 2.56 bits per heavy atom. The third-order valence-corrected chi connectivity index (χ3v) is 3.85. The van der Waals surface area contributed by atoms with Crippen molar-refractivity contribution in [2.45, 2.75) is 0 Å². The third-order valence-electron chi connectivity index (χ3n) is 3.62. The van der Waals surface area contributed by atoms with E-state index in [9.17, 15) is 4.79 Å². The highest BCUT2D eigenvalue weighted by atomic mass is 35.5. The van der Waals surface area contributed by atoms with Gasteiger partial charge in [0.1, 0.15) is 17.8 Å². The van der Waals surface area contributed by atoms with Crippen LogP contribution in [0.1, 0.15) is 10.4 Å². The molecule has 0 fully saturated rings. The number of amides is 1. The highest BCUT2D eigenvalue weighted by Gasteiger charge is 2.11. The zero-order chi connectivity index (χ0) is 19.2. The lowest BCUT2D eigenvalue weighted by molar-refractivity contribution is 0.0962. The first-order valence-electron chi connectivity index (χ1n) is 7.90. The van der Waals surface area contributed by atoms with Crippen LogP contribution in [0.15, 0.2) is 54.9 Å². The third kappa shape index (κ3) is 4.56. The number of nitrogens with zero attached hydrogens (tertiary/aromatic N) is 2. The Labute approximate surface area is 160 Å². The number of carbonyl (C=O) groups excluding carboxylic acids is 1. The molecule has 2 aromatic carbocycles. The van der Waals surface area contributed by atoms with Gasteiger partial charge in [0.2, 0.25) is 0 Å². The zero-order valence-corrected chi connectivity index (χ0v) is 15.1. The number of halogens is 1. The fourth-order valence-electron chi connectivity index (χ4n) is 2.22. The number of methoxy groups -OCH3 is 1. The number of hydrogen-bond donors (Lipinski definition) is 4. The van der Waals surface area contributed by atoms with Crippen molar-refractivity contribution in [1.29, 1.82) is 0 Å². The van der Waals surface area contributed by atoms with Crippen molar-refractivity contribution in [2.75, 3.05) is 23.6 Å². The number of nitrogens with two attached hydrogens (primary N) is 1. The van der Waals surface area contributed by atoms with Crippen LogP contribution in [-0.2, 0) is 0 Å². The first kappa shape index (κ1) is 18.3. The Morgan fingerprint density at radius 1 is 1.11 bits per heavy atom. The minimum absolute atomic E-state index is 0.250. The topological polar surface area (TPSA) is 114 Å². The summed E-state index contributed by atoms with van der Waals surface area (Å²) >= 11 is 5.89. The van der Waals surface area contributed by atoms with Crippen LogP contribution in [0.5, 0.6) is 5.75 Å². The second-order valence-corrected chi connectivity index (χ2v) is 5.86. The second kappa shape index (κ2) is 8.24. The van der Waals surface area contributed by atoms with Gasteiger partial charge in [0.15, 0.2) is 11.6 Å². The molecule has 27 heavy (non-hydrogen) atoms. The van der Waals surface area contributed by atoms with Crippen molar-refractivity contribution in [3.63, 3.8) is 0 Å². The summed E-state index contributed by atoms with van der Waals surface area (Å²) in [6.07, 6.45) is 1.33. The quantitative estimate of drug-likeness (QED) is 0.482. The largest absolute Gasteiger partial charge is 0.497 e. The highest BCUT2D eigenvalue weighted by molar-refractivity contribution is 6.30. The van der Waals surface area contributed by atoms with Gasteiger partial charge in [0.05, 0.1) is 7.11 Å². The molecule has 138 valence electrons. The van der Waals surface area contributed by atoms with Gasteiger partial charge < -0.3 is 15.8 Å². The molecular formula is C18H17ClN6O2. The van der Waals surface area contributed by atoms with Crippen LogP contribution in [0.3, 0.4) is 0 Å². The van der Waals surface area contributed by atoms with Gasteiger partial charge in [0, 0.05) is 16.3 Å². The molecular weight excluding hydrogens is 368 g/mol. The molecule has 0 saturated carbocycles. The lowest BCUT2D eigenvalue weighted by atomic mass is 10.2. The number of hydrogen-bond acceptors (Lipinski definition) is 7. The number of hydrazine groups is 1. The summed E-state index contributed by atoms with van der Waals surface area (Å²) in [5.41, 5.74) is 12.7. The van der Waals surface area contributed by atoms with Crippen molar-refractivity contribution in [1.82, 2.24) is 15.4 Å². The Balaban J connectivity index is 1.69. The molecule has 0 bridgehead atoms. The average Bonchev–Trinajstić information content (AvgIpc) is 2.69. The number of aromatic nitrogens is 2. The Morgan fingerprint density at radius 2 is 1.85 bits per heavy atom. The van der Waals surface area contributed by atoms with E-state index in [1.807, 2.05) is 24.3 Å². The van der Waals surface area contributed by atoms with E-state index >= 15 is 0 Å². The van der Waals surface area contributed by atoms with Gasteiger partial charge in [-0.2, -0.15) is 0 Å². The summed E-state index contributed by atoms with van der Waals surface area (Å²) in [5, 5.41) is 3.56. The first-order valence-corrected chi connectivity index (χ1v) is 8.28. The van der Waals surface area contributed by atoms with E-state index in [1.165, 1.54) is 6.33 Å². The molecule has 0 saturated heterocycles. The lowest BCUT2D eigenvalue weighted by Gasteiger charge is -2.13. The molecule has 1 amide bonds. The van der Waals surface area contributed by atoms with Crippen LogP contribution in [0.2, 0.25) is 5.02 Å².